The van der Waals surface area contributed by atoms with Crippen molar-refractivity contribution in [3.8, 4) is 0 Å². The molecule has 6 heteroatoms. The summed E-state index contributed by atoms with van der Waals surface area (Å²) in [5.41, 5.74) is 0.635. The van der Waals surface area contributed by atoms with Crippen LogP contribution in [0, 0.1) is 0 Å². The van der Waals surface area contributed by atoms with Crippen LogP contribution >= 0.6 is 0 Å². The molecule has 1 aliphatic heterocycles. The summed E-state index contributed by atoms with van der Waals surface area (Å²) in [5.74, 6) is -1.73. The molecule has 0 aromatic heterocycles. The van der Waals surface area contributed by atoms with Crippen LogP contribution in [0.1, 0.15) is 31.4 Å². The number of carbonyl (C=O) groups is 3. The molecule has 6 nitrogen and oxygen atoms in total. The fourth-order valence-corrected chi connectivity index (χ4v) is 2.57. The molecule has 1 atom stereocenters. The zero-order valence-corrected chi connectivity index (χ0v) is 12.0. The Hall–Kier alpha value is -2.37. The highest BCUT2D eigenvalue weighted by Crippen LogP contribution is 2.32. The number of hydrogen-bond acceptors (Lipinski definition) is 3. The number of carboxylic acid groups (broad SMARTS) is 1. The van der Waals surface area contributed by atoms with Crippen molar-refractivity contribution in [2.45, 2.75) is 32.2 Å². The summed E-state index contributed by atoms with van der Waals surface area (Å²) < 4.78 is 0. The third-order valence-corrected chi connectivity index (χ3v) is 3.85. The number of urea groups is 1. The summed E-state index contributed by atoms with van der Waals surface area (Å²) in [6.45, 7) is 3.19. The molecule has 2 rings (SSSR count). The molecule has 0 saturated carbocycles. The van der Waals surface area contributed by atoms with E-state index in [1.54, 1.807) is 6.92 Å². The number of benzene rings is 1. The van der Waals surface area contributed by atoms with Crippen molar-refractivity contribution >= 4 is 17.9 Å². The number of nitrogens with one attached hydrogen (secondary N) is 1. The Bertz CT molecular complexity index is 582. The lowest BCUT2D eigenvalue weighted by Gasteiger charge is -2.25. The maximum Gasteiger partial charge on any atom is 0.325 e. The largest absolute Gasteiger partial charge is 0.480 e. The Balaban J connectivity index is 2.39. The summed E-state index contributed by atoms with van der Waals surface area (Å²) >= 11 is 0. The first-order chi connectivity index (χ1) is 9.94. The molecule has 3 amide bonds. The number of aryl methyl sites for hydroxylation is 1. The smallest absolute Gasteiger partial charge is 0.325 e. The lowest BCUT2D eigenvalue weighted by atomic mass is 9.86. The van der Waals surface area contributed by atoms with Crippen LogP contribution in [0.2, 0.25) is 0 Å². The number of amides is 3. The quantitative estimate of drug-likeness (QED) is 0.804. The van der Waals surface area contributed by atoms with Gasteiger partial charge in [0.1, 0.15) is 12.1 Å². The van der Waals surface area contributed by atoms with Crippen molar-refractivity contribution < 1.29 is 19.5 Å². The van der Waals surface area contributed by atoms with Crippen LogP contribution in [0.25, 0.3) is 0 Å². The third kappa shape index (κ3) is 2.49. The molecule has 0 aliphatic carbocycles. The molecule has 1 aromatic rings. The lowest BCUT2D eigenvalue weighted by Crippen LogP contribution is -2.43. The van der Waals surface area contributed by atoms with Crippen molar-refractivity contribution in [2.24, 2.45) is 0 Å². The lowest BCUT2D eigenvalue weighted by molar-refractivity contribution is -0.143. The van der Waals surface area contributed by atoms with E-state index in [2.05, 4.69) is 5.32 Å². The summed E-state index contributed by atoms with van der Waals surface area (Å²) in [6.07, 6.45) is 1.24. The van der Waals surface area contributed by atoms with Gasteiger partial charge in [-0.25, -0.2) is 4.79 Å². The molecule has 21 heavy (non-hydrogen) atoms. The number of rotatable bonds is 5. The number of aliphatic carboxylic acids is 1. The predicted octanol–water partition coefficient (Wildman–Crippen LogP) is 1.49. The van der Waals surface area contributed by atoms with Gasteiger partial charge in [0.05, 0.1) is 0 Å². The van der Waals surface area contributed by atoms with E-state index in [4.69, 9.17) is 5.11 Å². The van der Waals surface area contributed by atoms with E-state index >= 15 is 0 Å². The van der Waals surface area contributed by atoms with Crippen LogP contribution < -0.4 is 5.32 Å². The van der Waals surface area contributed by atoms with Gasteiger partial charge in [0, 0.05) is 0 Å². The summed E-state index contributed by atoms with van der Waals surface area (Å²) in [7, 11) is 0. The Labute approximate surface area is 122 Å². The van der Waals surface area contributed by atoms with Crippen molar-refractivity contribution in [1.82, 2.24) is 10.2 Å². The van der Waals surface area contributed by atoms with Gasteiger partial charge in [-0.2, -0.15) is 0 Å². The maximum absolute atomic E-state index is 12.5. The molecule has 1 aliphatic rings. The topological polar surface area (TPSA) is 86.7 Å². The first-order valence-corrected chi connectivity index (χ1v) is 6.90. The standard InChI is InChI=1S/C15H18N2O4/c1-3-10-5-7-11(8-6-10)15(4-2)13(20)17(9-12(18)19)14(21)16-15/h5-8H,3-4,9H2,1-2H3,(H,16,21)(H,18,19). The highest BCUT2D eigenvalue weighted by Gasteiger charge is 2.51. The molecule has 1 fully saturated rings. The summed E-state index contributed by atoms with van der Waals surface area (Å²) in [4.78, 5) is 36.0. The molecule has 0 radical (unpaired) electrons. The Morgan fingerprint density at radius 2 is 1.86 bits per heavy atom. The normalized spacial score (nSPS) is 21.5. The average Bonchev–Trinajstić information content (AvgIpc) is 2.72. The second kappa shape index (κ2) is 5.55. The number of carbonyl (C=O) groups excluding carboxylic acids is 2. The van der Waals surface area contributed by atoms with Gasteiger partial charge in [-0.3, -0.25) is 14.5 Å². The van der Waals surface area contributed by atoms with Gasteiger partial charge in [0.2, 0.25) is 0 Å². The first-order valence-electron chi connectivity index (χ1n) is 6.90. The molecular formula is C15H18N2O4. The second-order valence-electron chi connectivity index (χ2n) is 5.02. The van der Waals surface area contributed by atoms with Crippen LogP contribution in [0.15, 0.2) is 24.3 Å². The maximum atomic E-state index is 12.5. The van der Waals surface area contributed by atoms with Gasteiger partial charge in [-0.1, -0.05) is 38.1 Å². The van der Waals surface area contributed by atoms with Gasteiger partial charge in [-0.15, -0.1) is 0 Å². The van der Waals surface area contributed by atoms with E-state index in [-0.39, 0.29) is 0 Å². The van der Waals surface area contributed by atoms with Crippen molar-refractivity contribution in [3.05, 3.63) is 35.4 Å². The van der Waals surface area contributed by atoms with Gasteiger partial charge >= 0.3 is 12.0 Å². The van der Waals surface area contributed by atoms with E-state index in [0.29, 0.717) is 12.0 Å². The minimum absolute atomic E-state index is 0.360. The van der Waals surface area contributed by atoms with Crippen molar-refractivity contribution in [3.63, 3.8) is 0 Å². The van der Waals surface area contributed by atoms with Gasteiger partial charge in [0.15, 0.2) is 0 Å². The molecule has 1 saturated heterocycles. The third-order valence-electron chi connectivity index (χ3n) is 3.85. The Morgan fingerprint density at radius 1 is 1.24 bits per heavy atom. The Morgan fingerprint density at radius 3 is 2.33 bits per heavy atom. The van der Waals surface area contributed by atoms with E-state index < -0.39 is 30.0 Å². The Kier molecular flexibility index (Phi) is 3.97. The number of imide groups is 1. The van der Waals surface area contributed by atoms with Crippen LogP contribution in [0.3, 0.4) is 0 Å². The number of hydrogen-bond donors (Lipinski definition) is 2. The van der Waals surface area contributed by atoms with Crippen molar-refractivity contribution in [2.75, 3.05) is 6.54 Å². The molecule has 1 unspecified atom stereocenters. The molecular weight excluding hydrogens is 272 g/mol. The van der Waals surface area contributed by atoms with Crippen LogP contribution in [-0.4, -0.2) is 34.5 Å². The predicted molar refractivity (Wildman–Crippen MR) is 75.7 cm³/mol. The van der Waals surface area contributed by atoms with E-state index in [1.165, 1.54) is 0 Å². The molecule has 2 N–H and O–H groups in total. The second-order valence-corrected chi connectivity index (χ2v) is 5.02. The minimum atomic E-state index is -1.22. The zero-order chi connectivity index (χ0) is 15.6. The first kappa shape index (κ1) is 15.0. The highest BCUT2D eigenvalue weighted by atomic mass is 16.4. The monoisotopic (exact) mass is 290 g/mol. The molecule has 0 spiro atoms. The highest BCUT2D eigenvalue weighted by molar-refractivity contribution is 6.08. The molecule has 1 aromatic carbocycles. The van der Waals surface area contributed by atoms with E-state index in [0.717, 1.165) is 16.9 Å². The summed E-state index contributed by atoms with van der Waals surface area (Å²) in [6, 6.07) is 6.77. The SMILES string of the molecule is CCc1ccc(C2(CC)NC(=O)N(CC(=O)O)C2=O)cc1. The van der Waals surface area contributed by atoms with Gasteiger partial charge in [0.25, 0.3) is 5.91 Å². The zero-order valence-electron chi connectivity index (χ0n) is 12.0. The van der Waals surface area contributed by atoms with Crippen LogP contribution in [0.5, 0.6) is 0 Å². The number of carboxylic acids is 1. The average molecular weight is 290 g/mol. The van der Waals surface area contributed by atoms with E-state index in [1.807, 2.05) is 31.2 Å². The summed E-state index contributed by atoms with van der Waals surface area (Å²) in [5, 5.41) is 11.5. The molecule has 1 heterocycles. The minimum Gasteiger partial charge on any atom is -0.480 e. The number of nitrogens with zero attached hydrogens (tertiary/aromatic N) is 1. The van der Waals surface area contributed by atoms with E-state index in [9.17, 15) is 14.4 Å². The fourth-order valence-electron chi connectivity index (χ4n) is 2.57. The fraction of sp³-hybridized carbons (Fsp3) is 0.400. The van der Waals surface area contributed by atoms with Gasteiger partial charge < -0.3 is 10.4 Å². The van der Waals surface area contributed by atoms with Crippen LogP contribution in [0.4, 0.5) is 4.79 Å². The van der Waals surface area contributed by atoms with Crippen molar-refractivity contribution in [1.29, 1.82) is 0 Å². The van der Waals surface area contributed by atoms with Gasteiger partial charge in [-0.05, 0) is 24.0 Å². The van der Waals surface area contributed by atoms with Crippen LogP contribution in [-0.2, 0) is 21.5 Å². The molecule has 0 bridgehead atoms. The molecule has 112 valence electrons.